The zero-order valence-electron chi connectivity index (χ0n) is 14.1. The molecule has 1 amide bonds. The quantitative estimate of drug-likeness (QED) is 0.758. The number of ether oxygens (including phenoxy) is 1. The molecule has 0 bridgehead atoms. The number of nitrogens with zero attached hydrogens (tertiary/aromatic N) is 1. The van der Waals surface area contributed by atoms with Gasteiger partial charge in [0.05, 0.1) is 16.9 Å². The van der Waals surface area contributed by atoms with Crippen LogP contribution < -0.4 is 10.0 Å². The number of hydrogen-bond donors (Lipinski definition) is 2. The van der Waals surface area contributed by atoms with E-state index in [0.29, 0.717) is 18.7 Å². The van der Waals surface area contributed by atoms with Crippen LogP contribution in [0, 0.1) is 5.82 Å². The Morgan fingerprint density at radius 2 is 2.15 bits per heavy atom. The number of nitrogens with one attached hydrogen (secondary N) is 2. The summed E-state index contributed by atoms with van der Waals surface area (Å²) in [5.41, 5.74) is 0.490. The van der Waals surface area contributed by atoms with Crippen molar-refractivity contribution in [1.82, 2.24) is 4.98 Å². The highest BCUT2D eigenvalue weighted by atomic mass is 35.5. The molecule has 2 N–H and O–H groups in total. The largest absolute Gasteiger partial charge is 0.377 e. The van der Waals surface area contributed by atoms with Crippen molar-refractivity contribution in [2.75, 3.05) is 22.4 Å². The summed E-state index contributed by atoms with van der Waals surface area (Å²) in [5, 5.41) is 2.44. The predicted octanol–water partition coefficient (Wildman–Crippen LogP) is 3.05. The second-order valence-corrected chi connectivity index (χ2v) is 8.21. The van der Waals surface area contributed by atoms with E-state index in [9.17, 15) is 17.6 Å². The summed E-state index contributed by atoms with van der Waals surface area (Å²) in [5.74, 6) is -1.25. The van der Waals surface area contributed by atoms with Crippen LogP contribution in [0.2, 0.25) is 5.02 Å². The molecule has 0 radical (unpaired) electrons. The fourth-order valence-corrected chi connectivity index (χ4v) is 4.07. The van der Waals surface area contributed by atoms with Crippen molar-refractivity contribution < 1.29 is 22.3 Å². The molecular weight excluding hydrogens is 397 g/mol. The van der Waals surface area contributed by atoms with Crippen LogP contribution >= 0.6 is 11.6 Å². The topological polar surface area (TPSA) is 97.4 Å². The predicted molar refractivity (Wildman–Crippen MR) is 100.0 cm³/mol. The first kappa shape index (κ1) is 19.5. The number of aromatic nitrogens is 1. The zero-order chi connectivity index (χ0) is 19.4. The smallest absolute Gasteiger partial charge is 0.255 e. The molecule has 27 heavy (non-hydrogen) atoms. The SMILES string of the molecule is O=C(Nc1ccc(F)c(Cl)c1)c1ccnc(NS(=O)(=O)CC2CCCO2)c1. The maximum absolute atomic E-state index is 13.2. The van der Waals surface area contributed by atoms with Gasteiger partial charge in [0.1, 0.15) is 11.6 Å². The van der Waals surface area contributed by atoms with Crippen molar-refractivity contribution >= 4 is 39.0 Å². The van der Waals surface area contributed by atoms with Gasteiger partial charge in [-0.2, -0.15) is 0 Å². The number of rotatable bonds is 6. The molecule has 1 fully saturated rings. The maximum Gasteiger partial charge on any atom is 0.255 e. The number of pyridine rings is 1. The Labute approximate surface area is 160 Å². The number of anilines is 2. The van der Waals surface area contributed by atoms with Gasteiger partial charge < -0.3 is 10.1 Å². The van der Waals surface area contributed by atoms with Gasteiger partial charge in [0.2, 0.25) is 10.0 Å². The molecule has 0 aliphatic carbocycles. The van der Waals surface area contributed by atoms with E-state index >= 15 is 0 Å². The lowest BCUT2D eigenvalue weighted by molar-refractivity contribution is 0.102. The van der Waals surface area contributed by atoms with Crippen LogP contribution in [0.1, 0.15) is 23.2 Å². The Bertz CT molecular complexity index is 949. The number of carbonyl (C=O) groups excluding carboxylic acids is 1. The van der Waals surface area contributed by atoms with Gasteiger partial charge in [0, 0.05) is 24.1 Å². The van der Waals surface area contributed by atoms with E-state index < -0.39 is 21.7 Å². The summed E-state index contributed by atoms with van der Waals surface area (Å²) in [6, 6.07) is 6.52. The highest BCUT2D eigenvalue weighted by Gasteiger charge is 2.23. The summed E-state index contributed by atoms with van der Waals surface area (Å²) < 4.78 is 45.3. The molecule has 2 aromatic rings. The first-order chi connectivity index (χ1) is 12.8. The monoisotopic (exact) mass is 413 g/mol. The van der Waals surface area contributed by atoms with Crippen LogP contribution in [-0.2, 0) is 14.8 Å². The third-order valence-corrected chi connectivity index (χ3v) is 5.51. The van der Waals surface area contributed by atoms with Gasteiger partial charge in [0.15, 0.2) is 0 Å². The number of amides is 1. The molecule has 1 aliphatic rings. The Morgan fingerprint density at radius 1 is 1.33 bits per heavy atom. The molecule has 3 rings (SSSR count). The Balaban J connectivity index is 1.68. The van der Waals surface area contributed by atoms with Crippen molar-refractivity contribution in [2.45, 2.75) is 18.9 Å². The van der Waals surface area contributed by atoms with E-state index in [1.165, 1.54) is 30.5 Å². The minimum atomic E-state index is -3.66. The average molecular weight is 414 g/mol. The zero-order valence-corrected chi connectivity index (χ0v) is 15.7. The Kier molecular flexibility index (Phi) is 5.93. The van der Waals surface area contributed by atoms with Gasteiger partial charge in [-0.3, -0.25) is 9.52 Å². The third-order valence-electron chi connectivity index (χ3n) is 3.89. The van der Waals surface area contributed by atoms with Gasteiger partial charge in [-0.1, -0.05) is 11.6 Å². The van der Waals surface area contributed by atoms with Gasteiger partial charge >= 0.3 is 0 Å². The van der Waals surface area contributed by atoms with E-state index in [0.717, 1.165) is 12.5 Å². The van der Waals surface area contributed by atoms with Gasteiger partial charge in [-0.05, 0) is 43.2 Å². The van der Waals surface area contributed by atoms with Crippen LogP contribution in [0.3, 0.4) is 0 Å². The molecule has 1 atom stereocenters. The second kappa shape index (κ2) is 8.20. The number of sulfonamides is 1. The van der Waals surface area contributed by atoms with Crippen LogP contribution in [0.4, 0.5) is 15.9 Å². The van der Waals surface area contributed by atoms with Crippen molar-refractivity contribution in [3.05, 3.63) is 52.9 Å². The van der Waals surface area contributed by atoms with Crippen LogP contribution in [0.15, 0.2) is 36.5 Å². The molecule has 10 heteroatoms. The van der Waals surface area contributed by atoms with Crippen LogP contribution in [0.25, 0.3) is 0 Å². The van der Waals surface area contributed by atoms with Crippen molar-refractivity contribution in [1.29, 1.82) is 0 Å². The van der Waals surface area contributed by atoms with Crippen molar-refractivity contribution in [2.24, 2.45) is 0 Å². The summed E-state index contributed by atoms with van der Waals surface area (Å²) in [6.45, 7) is 0.557. The lowest BCUT2D eigenvalue weighted by Gasteiger charge is -2.12. The molecule has 0 spiro atoms. The minimum absolute atomic E-state index is 0.0257. The first-order valence-corrected chi connectivity index (χ1v) is 10.2. The number of carbonyl (C=O) groups is 1. The Morgan fingerprint density at radius 3 is 2.85 bits per heavy atom. The molecule has 1 aromatic carbocycles. The fraction of sp³-hybridized carbons (Fsp3) is 0.294. The van der Waals surface area contributed by atoms with Gasteiger partial charge in [0.25, 0.3) is 5.91 Å². The standard InChI is InChI=1S/C17H17ClFN3O4S/c18-14-9-12(3-4-15(14)19)21-17(23)11-5-6-20-16(8-11)22-27(24,25)10-13-2-1-7-26-13/h3-6,8-9,13H,1-2,7,10H2,(H,20,22)(H,21,23). The second-order valence-electron chi connectivity index (χ2n) is 6.03. The average Bonchev–Trinajstić information content (AvgIpc) is 3.10. The minimum Gasteiger partial charge on any atom is -0.377 e. The fourth-order valence-electron chi connectivity index (χ4n) is 2.63. The van der Waals surface area contributed by atoms with E-state index in [-0.39, 0.29) is 28.3 Å². The van der Waals surface area contributed by atoms with Crippen LogP contribution in [0.5, 0.6) is 0 Å². The van der Waals surface area contributed by atoms with E-state index in [1.807, 2.05) is 0 Å². The molecule has 144 valence electrons. The molecule has 2 heterocycles. The lowest BCUT2D eigenvalue weighted by atomic mass is 10.2. The van der Waals surface area contributed by atoms with E-state index in [2.05, 4.69) is 15.0 Å². The molecule has 7 nitrogen and oxygen atoms in total. The summed E-state index contributed by atoms with van der Waals surface area (Å²) in [6.07, 6.45) is 2.51. The summed E-state index contributed by atoms with van der Waals surface area (Å²) in [4.78, 5) is 16.3. The van der Waals surface area contributed by atoms with Crippen LogP contribution in [-0.4, -0.2) is 37.8 Å². The highest BCUT2D eigenvalue weighted by molar-refractivity contribution is 7.92. The Hall–Kier alpha value is -2.23. The highest BCUT2D eigenvalue weighted by Crippen LogP contribution is 2.20. The lowest BCUT2D eigenvalue weighted by Crippen LogP contribution is -2.26. The molecule has 1 unspecified atom stereocenters. The molecule has 0 saturated carbocycles. The molecule has 1 aromatic heterocycles. The normalized spacial score (nSPS) is 16.9. The third kappa shape index (κ3) is 5.38. The molecular formula is C17H17ClFN3O4S. The van der Waals surface area contributed by atoms with E-state index in [4.69, 9.17) is 16.3 Å². The molecule has 1 aliphatic heterocycles. The summed E-state index contributed by atoms with van der Waals surface area (Å²) >= 11 is 5.69. The van der Waals surface area contributed by atoms with Crippen molar-refractivity contribution in [3.8, 4) is 0 Å². The maximum atomic E-state index is 13.2. The number of benzene rings is 1. The number of halogens is 2. The number of hydrogen-bond acceptors (Lipinski definition) is 5. The first-order valence-electron chi connectivity index (χ1n) is 8.17. The van der Waals surface area contributed by atoms with Gasteiger partial charge in [-0.25, -0.2) is 17.8 Å². The van der Waals surface area contributed by atoms with E-state index in [1.54, 1.807) is 0 Å². The van der Waals surface area contributed by atoms with Gasteiger partial charge in [-0.15, -0.1) is 0 Å². The van der Waals surface area contributed by atoms with Crippen molar-refractivity contribution in [3.63, 3.8) is 0 Å². The summed E-state index contributed by atoms with van der Waals surface area (Å²) in [7, 11) is -3.66. The molecule has 1 saturated heterocycles.